The van der Waals surface area contributed by atoms with Gasteiger partial charge < -0.3 is 24.8 Å². The molecule has 1 atom stereocenters. The highest BCUT2D eigenvalue weighted by Crippen LogP contribution is 2.19. The highest BCUT2D eigenvalue weighted by Gasteiger charge is 2.30. The minimum Gasteiger partial charge on any atom is -0.368 e. The third kappa shape index (κ3) is 4.95. The molecule has 162 valence electrons. The quantitative estimate of drug-likeness (QED) is 0.455. The Morgan fingerprint density at radius 1 is 1.17 bits per heavy atom. The number of piperazine rings is 1. The maximum Gasteiger partial charge on any atom is 0.251 e. The van der Waals surface area contributed by atoms with Crippen molar-refractivity contribution in [2.75, 3.05) is 57.3 Å². The van der Waals surface area contributed by atoms with Gasteiger partial charge in [-0.2, -0.15) is 0 Å². The van der Waals surface area contributed by atoms with Gasteiger partial charge in [0.05, 0.1) is 6.54 Å². The molecule has 4 rings (SSSR count). The van der Waals surface area contributed by atoms with Crippen molar-refractivity contribution in [1.82, 2.24) is 15.1 Å². The average molecular weight is 412 g/mol. The van der Waals surface area contributed by atoms with Gasteiger partial charge in [0.25, 0.3) is 5.91 Å². The van der Waals surface area contributed by atoms with E-state index in [0.717, 1.165) is 64.6 Å². The minimum atomic E-state index is -0.225. The molecule has 0 radical (unpaired) electrons. The topological polar surface area (TPSA) is 60.4 Å². The van der Waals surface area contributed by atoms with E-state index < -0.39 is 0 Å². The van der Waals surface area contributed by atoms with Crippen LogP contribution in [0, 0.1) is 0 Å². The van der Waals surface area contributed by atoms with Crippen LogP contribution >= 0.6 is 0 Å². The Balaban J connectivity index is 1.35. The predicted octanol–water partition coefficient (Wildman–Crippen LogP) is 1.85. The predicted molar refractivity (Wildman–Crippen MR) is 120 cm³/mol. The number of amides is 1. The fourth-order valence-electron chi connectivity index (χ4n) is 4.25. The van der Waals surface area contributed by atoms with Crippen LogP contribution in [0.4, 0.5) is 5.69 Å². The number of benzene rings is 1. The van der Waals surface area contributed by atoms with Crippen LogP contribution in [0.2, 0.25) is 0 Å². The summed E-state index contributed by atoms with van der Waals surface area (Å²) in [7, 11) is 0. The smallest absolute Gasteiger partial charge is 0.251 e. The number of carbonyl (C=O) groups excluding carboxylic acids is 1. The van der Waals surface area contributed by atoms with Crippen molar-refractivity contribution < 1.29 is 9.53 Å². The van der Waals surface area contributed by atoms with Crippen LogP contribution in [0.3, 0.4) is 0 Å². The number of nitrogens with one attached hydrogen (secondary N) is 1. The van der Waals surface area contributed by atoms with Crippen molar-refractivity contribution in [2.24, 2.45) is 4.99 Å². The lowest BCUT2D eigenvalue weighted by Crippen LogP contribution is -2.55. The second kappa shape index (κ2) is 9.98. The normalized spacial score (nSPS) is 22.1. The summed E-state index contributed by atoms with van der Waals surface area (Å²) in [6.07, 6.45) is 6.03. The maximum absolute atomic E-state index is 12.6. The Labute approximate surface area is 179 Å². The van der Waals surface area contributed by atoms with Gasteiger partial charge in [-0.25, -0.2) is 4.99 Å². The molecular formula is C23H33N5O2. The van der Waals surface area contributed by atoms with Crippen molar-refractivity contribution in [3.05, 3.63) is 42.0 Å². The minimum absolute atomic E-state index is 0.155. The molecule has 1 N–H and O–H groups in total. The van der Waals surface area contributed by atoms with E-state index in [4.69, 9.17) is 9.73 Å². The maximum atomic E-state index is 12.6. The molecular weight excluding hydrogens is 378 g/mol. The molecule has 2 fully saturated rings. The summed E-state index contributed by atoms with van der Waals surface area (Å²) in [5.74, 6) is 1.08. The molecule has 3 heterocycles. The largest absolute Gasteiger partial charge is 0.368 e. The van der Waals surface area contributed by atoms with Crippen LogP contribution in [-0.4, -0.2) is 80.2 Å². The molecule has 1 aromatic carbocycles. The summed E-state index contributed by atoms with van der Waals surface area (Å²) in [6, 6.07) is 8.65. The standard InChI is InChI=1S/C23H33N5O2/c1-2-24-23(25-18-19-7-5-8-20(17-19)26-10-3-4-11-26)28-14-12-27(13-15-28)22(29)21-9-6-16-30-21/h3-5,7-8,17,21H,2,6,9-16,18H2,1H3,(H,24,25). The van der Waals surface area contributed by atoms with E-state index in [0.29, 0.717) is 13.2 Å². The Morgan fingerprint density at radius 3 is 2.63 bits per heavy atom. The first kappa shape index (κ1) is 20.7. The number of rotatable bonds is 5. The monoisotopic (exact) mass is 411 g/mol. The zero-order valence-electron chi connectivity index (χ0n) is 17.9. The zero-order valence-corrected chi connectivity index (χ0v) is 17.9. The molecule has 0 aliphatic carbocycles. The fourth-order valence-corrected chi connectivity index (χ4v) is 4.25. The van der Waals surface area contributed by atoms with Gasteiger partial charge in [0.2, 0.25) is 0 Å². The molecule has 0 spiro atoms. The van der Waals surface area contributed by atoms with Crippen molar-refractivity contribution in [1.29, 1.82) is 0 Å². The molecule has 3 aliphatic heterocycles. The van der Waals surface area contributed by atoms with Gasteiger partial charge in [-0.3, -0.25) is 4.79 Å². The number of aliphatic imine (C=N–C) groups is 1. The zero-order chi connectivity index (χ0) is 20.8. The van der Waals surface area contributed by atoms with Crippen LogP contribution in [0.5, 0.6) is 0 Å². The number of guanidine groups is 1. The van der Waals surface area contributed by atoms with Gasteiger partial charge in [-0.05, 0) is 37.5 Å². The Bertz CT molecular complexity index is 772. The molecule has 30 heavy (non-hydrogen) atoms. The Kier molecular flexibility index (Phi) is 6.89. The van der Waals surface area contributed by atoms with Crippen LogP contribution in [0.1, 0.15) is 25.3 Å². The highest BCUT2D eigenvalue weighted by molar-refractivity contribution is 5.83. The van der Waals surface area contributed by atoms with E-state index in [9.17, 15) is 4.79 Å². The highest BCUT2D eigenvalue weighted by atomic mass is 16.5. The first-order valence-electron chi connectivity index (χ1n) is 11.2. The molecule has 2 saturated heterocycles. The number of anilines is 1. The van der Waals surface area contributed by atoms with Crippen LogP contribution in [0.25, 0.3) is 0 Å². The fraction of sp³-hybridized carbons (Fsp3) is 0.565. The number of ether oxygens (including phenoxy) is 1. The van der Waals surface area contributed by atoms with Gasteiger partial charge in [-0.15, -0.1) is 0 Å². The van der Waals surface area contributed by atoms with Crippen LogP contribution in [0.15, 0.2) is 41.4 Å². The summed E-state index contributed by atoms with van der Waals surface area (Å²) in [5, 5.41) is 3.42. The van der Waals surface area contributed by atoms with E-state index in [-0.39, 0.29) is 12.0 Å². The molecule has 0 bridgehead atoms. The number of nitrogens with zero attached hydrogens (tertiary/aromatic N) is 4. The summed E-state index contributed by atoms with van der Waals surface area (Å²) in [6.45, 7) is 9.26. The van der Waals surface area contributed by atoms with E-state index >= 15 is 0 Å². The van der Waals surface area contributed by atoms with E-state index in [1.54, 1.807) is 0 Å². The third-order valence-corrected chi connectivity index (χ3v) is 5.94. The third-order valence-electron chi connectivity index (χ3n) is 5.94. The van der Waals surface area contributed by atoms with E-state index in [1.807, 2.05) is 4.90 Å². The number of carbonyl (C=O) groups is 1. The molecule has 3 aliphatic rings. The number of hydrogen-bond acceptors (Lipinski definition) is 4. The molecule has 0 saturated carbocycles. The molecule has 0 aromatic heterocycles. The molecule has 1 aromatic rings. The van der Waals surface area contributed by atoms with E-state index in [1.165, 1.54) is 11.3 Å². The van der Waals surface area contributed by atoms with Gasteiger partial charge in [0, 0.05) is 58.1 Å². The number of hydrogen-bond donors (Lipinski definition) is 1. The van der Waals surface area contributed by atoms with Gasteiger partial charge in [-0.1, -0.05) is 24.3 Å². The van der Waals surface area contributed by atoms with E-state index in [2.05, 4.69) is 58.5 Å². The second-order valence-corrected chi connectivity index (χ2v) is 8.03. The second-order valence-electron chi connectivity index (χ2n) is 8.03. The van der Waals surface area contributed by atoms with Crippen LogP contribution in [-0.2, 0) is 16.1 Å². The SMILES string of the molecule is CCNC(=NCc1cccc(N2CC=CC2)c1)N1CCN(C(=O)C2CCCO2)CC1. The van der Waals surface area contributed by atoms with Crippen molar-refractivity contribution >= 4 is 17.6 Å². The van der Waals surface area contributed by atoms with Crippen LogP contribution < -0.4 is 10.2 Å². The summed E-state index contributed by atoms with van der Waals surface area (Å²) >= 11 is 0. The lowest BCUT2D eigenvalue weighted by molar-refractivity contribution is -0.142. The van der Waals surface area contributed by atoms with Gasteiger partial charge in [0.15, 0.2) is 5.96 Å². The lowest BCUT2D eigenvalue weighted by Gasteiger charge is -2.37. The summed E-state index contributed by atoms with van der Waals surface area (Å²) < 4.78 is 5.57. The molecule has 1 unspecified atom stereocenters. The molecule has 7 heteroatoms. The first-order valence-corrected chi connectivity index (χ1v) is 11.2. The summed E-state index contributed by atoms with van der Waals surface area (Å²) in [5.41, 5.74) is 2.46. The Hall–Kier alpha value is -2.54. The average Bonchev–Trinajstić information content (AvgIpc) is 3.51. The van der Waals surface area contributed by atoms with Gasteiger partial charge >= 0.3 is 0 Å². The van der Waals surface area contributed by atoms with Crippen molar-refractivity contribution in [3.63, 3.8) is 0 Å². The van der Waals surface area contributed by atoms with Gasteiger partial charge in [0.1, 0.15) is 6.10 Å². The lowest BCUT2D eigenvalue weighted by atomic mass is 10.2. The van der Waals surface area contributed by atoms with Crippen molar-refractivity contribution in [2.45, 2.75) is 32.4 Å². The van der Waals surface area contributed by atoms with Crippen molar-refractivity contribution in [3.8, 4) is 0 Å². The molecule has 7 nitrogen and oxygen atoms in total. The Morgan fingerprint density at radius 2 is 1.93 bits per heavy atom. The molecule has 1 amide bonds. The summed E-state index contributed by atoms with van der Waals surface area (Å²) in [4.78, 5) is 24.0. The first-order chi connectivity index (χ1) is 14.7.